The van der Waals surface area contributed by atoms with Crippen LogP contribution < -0.4 is 5.32 Å². The molecule has 0 aliphatic heterocycles. The Balaban J connectivity index is 1.61. The summed E-state index contributed by atoms with van der Waals surface area (Å²) in [7, 11) is 0. The third kappa shape index (κ3) is 3.60. The van der Waals surface area contributed by atoms with Crippen molar-refractivity contribution in [3.63, 3.8) is 0 Å². The zero-order valence-corrected chi connectivity index (χ0v) is 13.4. The maximum atomic E-state index is 12.0. The first-order valence-electron chi connectivity index (χ1n) is 7.59. The summed E-state index contributed by atoms with van der Waals surface area (Å²) in [5, 5.41) is 3.99. The fourth-order valence-corrected chi connectivity index (χ4v) is 3.68. The van der Waals surface area contributed by atoms with Gasteiger partial charge in [-0.15, -0.1) is 11.3 Å². The Morgan fingerprint density at radius 3 is 3.05 bits per heavy atom. The van der Waals surface area contributed by atoms with E-state index in [0.717, 1.165) is 23.4 Å². The molecule has 1 aliphatic carbocycles. The lowest BCUT2D eigenvalue weighted by atomic mass is 10.0. The van der Waals surface area contributed by atoms with E-state index < -0.39 is 0 Å². The number of hydrogen-bond acceptors (Lipinski definition) is 4. The van der Waals surface area contributed by atoms with Crippen molar-refractivity contribution in [1.82, 2.24) is 15.3 Å². The molecule has 0 bridgehead atoms. The van der Waals surface area contributed by atoms with Gasteiger partial charge < -0.3 is 5.32 Å². The Morgan fingerprint density at radius 1 is 1.41 bits per heavy atom. The summed E-state index contributed by atoms with van der Waals surface area (Å²) >= 11 is 1.74. The smallest absolute Gasteiger partial charge is 0.244 e. The van der Waals surface area contributed by atoms with Crippen LogP contribution in [0.4, 0.5) is 0 Å². The molecule has 4 nitrogen and oxygen atoms in total. The van der Waals surface area contributed by atoms with E-state index in [2.05, 4.69) is 10.3 Å². The predicted molar refractivity (Wildman–Crippen MR) is 88.6 cm³/mol. The Morgan fingerprint density at radius 2 is 2.27 bits per heavy atom. The molecule has 22 heavy (non-hydrogen) atoms. The topological polar surface area (TPSA) is 54.9 Å². The number of carbonyl (C=O) groups is 1. The van der Waals surface area contributed by atoms with Gasteiger partial charge in [-0.25, -0.2) is 4.98 Å². The van der Waals surface area contributed by atoms with E-state index in [-0.39, 0.29) is 11.9 Å². The standard InChI is InChI=1S/C17H19N3OS/c1-12(17-20-14-6-2-3-7-15(14)22-17)19-16(21)9-8-13-5-4-10-18-11-13/h4-5,8-12H,2-3,6-7H2,1H3,(H,19,21)/b9-8+. The molecule has 0 radical (unpaired) electrons. The SMILES string of the molecule is CC(NC(=O)/C=C/c1cccnc1)c1nc2c(s1)CCCC2. The molecule has 5 heteroatoms. The summed E-state index contributed by atoms with van der Waals surface area (Å²) < 4.78 is 0. The summed E-state index contributed by atoms with van der Waals surface area (Å²) in [4.78, 5) is 22.1. The van der Waals surface area contributed by atoms with E-state index in [1.54, 1.807) is 35.9 Å². The highest BCUT2D eigenvalue weighted by molar-refractivity contribution is 7.11. The Labute approximate surface area is 134 Å². The fourth-order valence-electron chi connectivity index (χ4n) is 2.53. The van der Waals surface area contributed by atoms with Crippen LogP contribution in [0.2, 0.25) is 0 Å². The van der Waals surface area contributed by atoms with Crippen molar-refractivity contribution in [3.8, 4) is 0 Å². The van der Waals surface area contributed by atoms with Crippen molar-refractivity contribution in [2.75, 3.05) is 0 Å². The van der Waals surface area contributed by atoms with E-state index in [9.17, 15) is 4.79 Å². The van der Waals surface area contributed by atoms with Gasteiger partial charge in [-0.3, -0.25) is 9.78 Å². The highest BCUT2D eigenvalue weighted by Crippen LogP contribution is 2.29. The van der Waals surface area contributed by atoms with Gasteiger partial charge in [-0.1, -0.05) is 6.07 Å². The largest absolute Gasteiger partial charge is 0.344 e. The van der Waals surface area contributed by atoms with Gasteiger partial charge in [0, 0.05) is 23.3 Å². The average Bonchev–Trinajstić information content (AvgIpc) is 2.98. The zero-order valence-electron chi connectivity index (χ0n) is 12.6. The molecule has 114 valence electrons. The molecule has 0 aromatic carbocycles. The number of amides is 1. The summed E-state index contributed by atoms with van der Waals surface area (Å²) in [6.07, 6.45) is 11.4. The van der Waals surface area contributed by atoms with Crippen molar-refractivity contribution in [1.29, 1.82) is 0 Å². The van der Waals surface area contributed by atoms with Gasteiger partial charge in [0.25, 0.3) is 0 Å². The maximum absolute atomic E-state index is 12.0. The number of carbonyl (C=O) groups excluding carboxylic acids is 1. The van der Waals surface area contributed by atoms with E-state index in [0.29, 0.717) is 0 Å². The monoisotopic (exact) mass is 313 g/mol. The van der Waals surface area contributed by atoms with Crippen LogP contribution in [0.1, 0.15) is 46.9 Å². The van der Waals surface area contributed by atoms with Gasteiger partial charge in [0.2, 0.25) is 5.91 Å². The Kier molecular flexibility index (Phi) is 4.63. The van der Waals surface area contributed by atoms with E-state index >= 15 is 0 Å². The molecule has 1 atom stereocenters. The molecule has 2 aromatic heterocycles. The minimum absolute atomic E-state index is 0.0540. The first-order chi connectivity index (χ1) is 10.7. The Bertz CT molecular complexity index is 655. The normalized spacial score (nSPS) is 15.5. The summed E-state index contributed by atoms with van der Waals surface area (Å²) in [5.41, 5.74) is 2.15. The number of pyridine rings is 1. The van der Waals surface area contributed by atoms with Crippen molar-refractivity contribution < 1.29 is 4.79 Å². The van der Waals surface area contributed by atoms with Gasteiger partial charge in [-0.2, -0.15) is 0 Å². The Hall–Kier alpha value is -2.01. The molecule has 2 heterocycles. The van der Waals surface area contributed by atoms with E-state index in [1.165, 1.54) is 23.4 Å². The number of thiazole rings is 1. The van der Waals surface area contributed by atoms with Crippen LogP contribution in [0.3, 0.4) is 0 Å². The van der Waals surface area contributed by atoms with Crippen molar-refractivity contribution >= 4 is 23.3 Å². The van der Waals surface area contributed by atoms with Gasteiger partial charge in [0.1, 0.15) is 5.01 Å². The van der Waals surface area contributed by atoms with E-state index in [4.69, 9.17) is 4.98 Å². The number of fused-ring (bicyclic) bond motifs is 1. The number of aromatic nitrogens is 2. The highest BCUT2D eigenvalue weighted by Gasteiger charge is 2.18. The molecular formula is C17H19N3OS. The van der Waals surface area contributed by atoms with Crippen LogP contribution in [-0.4, -0.2) is 15.9 Å². The molecule has 1 aliphatic rings. The van der Waals surface area contributed by atoms with Gasteiger partial charge in [0.05, 0.1) is 11.7 Å². The third-order valence-corrected chi connectivity index (χ3v) is 5.04. The number of rotatable bonds is 4. The second kappa shape index (κ2) is 6.83. The van der Waals surface area contributed by atoms with Crippen LogP contribution >= 0.6 is 11.3 Å². The molecule has 3 rings (SSSR count). The third-order valence-electron chi connectivity index (χ3n) is 3.70. The molecule has 0 fully saturated rings. The second-order valence-corrected chi connectivity index (χ2v) is 6.59. The van der Waals surface area contributed by atoms with Gasteiger partial charge in [-0.05, 0) is 50.3 Å². The number of hydrogen-bond donors (Lipinski definition) is 1. The minimum Gasteiger partial charge on any atom is -0.344 e. The predicted octanol–water partition coefficient (Wildman–Crippen LogP) is 3.31. The number of nitrogens with one attached hydrogen (secondary N) is 1. The van der Waals surface area contributed by atoms with Gasteiger partial charge in [0.15, 0.2) is 0 Å². The van der Waals surface area contributed by atoms with Crippen molar-refractivity contribution in [3.05, 3.63) is 51.7 Å². The number of nitrogens with zero attached hydrogens (tertiary/aromatic N) is 2. The molecule has 1 N–H and O–H groups in total. The molecule has 0 saturated heterocycles. The van der Waals surface area contributed by atoms with Gasteiger partial charge >= 0.3 is 0 Å². The molecule has 1 unspecified atom stereocenters. The molecule has 0 saturated carbocycles. The minimum atomic E-state index is -0.107. The van der Waals surface area contributed by atoms with Crippen LogP contribution in [0.15, 0.2) is 30.6 Å². The lowest BCUT2D eigenvalue weighted by molar-refractivity contribution is -0.117. The number of aryl methyl sites for hydroxylation is 2. The first-order valence-corrected chi connectivity index (χ1v) is 8.41. The molecule has 1 amide bonds. The summed E-state index contributed by atoms with van der Waals surface area (Å²) in [5.74, 6) is -0.107. The average molecular weight is 313 g/mol. The fraction of sp³-hybridized carbons (Fsp3) is 0.353. The van der Waals surface area contributed by atoms with Crippen LogP contribution in [0, 0.1) is 0 Å². The van der Waals surface area contributed by atoms with Crippen molar-refractivity contribution in [2.45, 2.75) is 38.6 Å². The lowest BCUT2D eigenvalue weighted by Gasteiger charge is -2.08. The van der Waals surface area contributed by atoms with Crippen LogP contribution in [0.5, 0.6) is 0 Å². The van der Waals surface area contributed by atoms with E-state index in [1.807, 2.05) is 19.1 Å². The summed E-state index contributed by atoms with van der Waals surface area (Å²) in [6.45, 7) is 1.99. The molecule has 0 spiro atoms. The lowest BCUT2D eigenvalue weighted by Crippen LogP contribution is -2.24. The van der Waals surface area contributed by atoms with Crippen LogP contribution in [0.25, 0.3) is 6.08 Å². The quantitative estimate of drug-likeness (QED) is 0.881. The molecular weight excluding hydrogens is 294 g/mol. The maximum Gasteiger partial charge on any atom is 0.244 e. The second-order valence-electron chi connectivity index (χ2n) is 5.48. The first kappa shape index (κ1) is 14.9. The van der Waals surface area contributed by atoms with Crippen molar-refractivity contribution in [2.24, 2.45) is 0 Å². The highest BCUT2D eigenvalue weighted by atomic mass is 32.1. The molecule has 2 aromatic rings. The van der Waals surface area contributed by atoms with Crippen LogP contribution in [-0.2, 0) is 17.6 Å². The zero-order chi connectivity index (χ0) is 15.4. The summed E-state index contributed by atoms with van der Waals surface area (Å²) in [6, 6.07) is 3.71.